The number of hydrogen-bond donors (Lipinski definition) is 1. The first-order chi connectivity index (χ1) is 20.1. The van der Waals surface area contributed by atoms with Gasteiger partial charge in [-0.25, -0.2) is 13.2 Å². The van der Waals surface area contributed by atoms with Crippen LogP contribution in [0.25, 0.3) is 0 Å². The highest BCUT2D eigenvalue weighted by Crippen LogP contribution is 2.30. The van der Waals surface area contributed by atoms with Gasteiger partial charge in [0, 0.05) is 40.7 Å². The van der Waals surface area contributed by atoms with Crippen molar-refractivity contribution in [3.05, 3.63) is 29.1 Å². The summed E-state index contributed by atoms with van der Waals surface area (Å²) in [5, 5.41) is 2.52. The summed E-state index contributed by atoms with van der Waals surface area (Å²) >= 11 is 0. The molecule has 1 aliphatic heterocycles. The van der Waals surface area contributed by atoms with E-state index in [2.05, 4.69) is 10.1 Å². The van der Waals surface area contributed by atoms with Gasteiger partial charge >= 0.3 is 23.9 Å². The van der Waals surface area contributed by atoms with Crippen molar-refractivity contribution in [3.63, 3.8) is 0 Å². The van der Waals surface area contributed by atoms with Gasteiger partial charge in [-0.2, -0.15) is 8.78 Å². The lowest BCUT2D eigenvalue weighted by Gasteiger charge is -2.44. The molecule has 0 spiro atoms. The van der Waals surface area contributed by atoms with E-state index in [9.17, 15) is 45.9 Å². The number of ether oxygens (including phenoxy) is 6. The summed E-state index contributed by atoms with van der Waals surface area (Å²) in [4.78, 5) is 58.9. The molecule has 43 heavy (non-hydrogen) atoms. The summed E-state index contributed by atoms with van der Waals surface area (Å²) in [6.07, 6.45) is -5.03. The van der Waals surface area contributed by atoms with Crippen LogP contribution in [-0.2, 0) is 47.7 Å². The van der Waals surface area contributed by atoms with Crippen LogP contribution in [-0.4, -0.2) is 73.6 Å². The van der Waals surface area contributed by atoms with Crippen LogP contribution in [0, 0.1) is 29.1 Å². The van der Waals surface area contributed by atoms with Crippen LogP contribution in [0.3, 0.4) is 0 Å². The fraction of sp³-hybridized carbons (Fsp3) is 0.577. The Kier molecular flexibility index (Phi) is 13.2. The number of nitrogens with one attached hydrogen (secondary N) is 1. The summed E-state index contributed by atoms with van der Waals surface area (Å²) in [7, 11) is 0. The van der Waals surface area contributed by atoms with E-state index < -0.39 is 108 Å². The second kappa shape index (κ2) is 16.1. The van der Waals surface area contributed by atoms with Gasteiger partial charge in [0.05, 0.1) is 0 Å². The normalized spacial score (nSPS) is 21.5. The predicted octanol–water partition coefficient (Wildman–Crippen LogP) is 2.52. The molecule has 2 unspecified atom stereocenters. The maximum Gasteiger partial charge on any atom is 0.311 e. The summed E-state index contributed by atoms with van der Waals surface area (Å²) in [5.41, 5.74) is 0. The molecule has 17 heteroatoms. The minimum atomic E-state index is -2.39. The van der Waals surface area contributed by atoms with Gasteiger partial charge < -0.3 is 33.7 Å². The Balaban J connectivity index is 2.03. The molecule has 0 aromatic heterocycles. The minimum absolute atomic E-state index is 0.0535. The average molecular weight is 628 g/mol. The Morgan fingerprint density at radius 2 is 1.30 bits per heavy atom. The summed E-state index contributed by atoms with van der Waals surface area (Å²) in [6, 6.07) is -1.18. The summed E-state index contributed by atoms with van der Waals surface area (Å²) in [5.74, 6) is -17.3. The van der Waals surface area contributed by atoms with Crippen LogP contribution >= 0.6 is 0 Å². The smallest absolute Gasteiger partial charge is 0.311 e. The van der Waals surface area contributed by atoms with Crippen molar-refractivity contribution in [2.24, 2.45) is 0 Å². The van der Waals surface area contributed by atoms with Gasteiger partial charge in [-0.1, -0.05) is 6.42 Å². The molecule has 1 N–H and O–H groups in total. The molecule has 1 amide bonds. The molecule has 1 aromatic rings. The van der Waals surface area contributed by atoms with Crippen molar-refractivity contribution in [3.8, 4) is 5.75 Å². The minimum Gasteiger partial charge on any atom is -0.463 e. The largest absolute Gasteiger partial charge is 0.463 e. The zero-order valence-electron chi connectivity index (χ0n) is 23.5. The molecule has 0 bridgehead atoms. The van der Waals surface area contributed by atoms with Crippen molar-refractivity contribution in [1.82, 2.24) is 5.32 Å². The van der Waals surface area contributed by atoms with Gasteiger partial charge in [0.25, 0.3) is 0 Å². The number of amides is 1. The Bertz CT molecular complexity index is 1190. The van der Waals surface area contributed by atoms with Gasteiger partial charge in [-0.15, -0.1) is 0 Å². The van der Waals surface area contributed by atoms with E-state index in [4.69, 9.17) is 23.7 Å². The molecule has 5 atom stereocenters. The number of benzene rings is 1. The van der Waals surface area contributed by atoms with Gasteiger partial charge in [0.2, 0.25) is 40.7 Å². The average Bonchev–Trinajstić information content (AvgIpc) is 2.91. The third-order valence-corrected chi connectivity index (χ3v) is 5.76. The highest BCUT2D eigenvalue weighted by Gasteiger charge is 2.51. The topological polar surface area (TPSA) is 153 Å². The molecule has 0 saturated carbocycles. The highest BCUT2D eigenvalue weighted by atomic mass is 19.2. The maximum atomic E-state index is 13.7. The molecular formula is C26H30F5NO11. The fourth-order valence-corrected chi connectivity index (χ4v) is 4.02. The molecule has 1 fully saturated rings. The number of halogens is 5. The second-order valence-corrected chi connectivity index (χ2v) is 9.27. The van der Waals surface area contributed by atoms with Crippen molar-refractivity contribution in [1.29, 1.82) is 0 Å². The van der Waals surface area contributed by atoms with E-state index in [1.165, 1.54) is 6.92 Å². The van der Waals surface area contributed by atoms with Crippen LogP contribution in [0.2, 0.25) is 0 Å². The molecule has 12 nitrogen and oxygen atoms in total. The third kappa shape index (κ3) is 10.1. The Hall–Kier alpha value is -3.86. The van der Waals surface area contributed by atoms with Gasteiger partial charge in [-0.3, -0.25) is 24.0 Å². The van der Waals surface area contributed by atoms with E-state index in [1.54, 1.807) is 0 Å². The number of carbonyl (C=O) groups is 5. The Labute approximate surface area is 242 Å². The van der Waals surface area contributed by atoms with E-state index in [0.717, 1.165) is 20.8 Å². The first kappa shape index (κ1) is 35.3. The molecule has 1 heterocycles. The molecule has 240 valence electrons. The lowest BCUT2D eigenvalue weighted by atomic mass is 9.96. The van der Waals surface area contributed by atoms with E-state index in [0.29, 0.717) is 0 Å². The highest BCUT2D eigenvalue weighted by molar-refractivity contribution is 5.74. The lowest BCUT2D eigenvalue weighted by Crippen LogP contribution is -2.66. The second-order valence-electron chi connectivity index (χ2n) is 9.27. The quantitative estimate of drug-likeness (QED) is 0.0653. The molecule has 2 rings (SSSR count). The number of hydrogen-bond acceptors (Lipinski definition) is 11. The zero-order chi connectivity index (χ0) is 32.4. The maximum absolute atomic E-state index is 13.7. The van der Waals surface area contributed by atoms with E-state index in [1.807, 2.05) is 0 Å². The third-order valence-electron chi connectivity index (χ3n) is 5.76. The molecular weight excluding hydrogens is 597 g/mol. The number of rotatable bonds is 13. The molecule has 1 saturated heterocycles. The molecule has 0 aliphatic carbocycles. The Morgan fingerprint density at radius 1 is 0.744 bits per heavy atom. The van der Waals surface area contributed by atoms with Crippen molar-refractivity contribution in [2.75, 3.05) is 13.2 Å². The van der Waals surface area contributed by atoms with E-state index in [-0.39, 0.29) is 25.9 Å². The predicted molar refractivity (Wildman–Crippen MR) is 130 cm³/mol. The van der Waals surface area contributed by atoms with Crippen molar-refractivity contribution >= 4 is 29.8 Å². The number of unbranched alkanes of at least 4 members (excludes halogenated alkanes) is 2. The van der Waals surface area contributed by atoms with Gasteiger partial charge in [0.15, 0.2) is 18.5 Å². The molecule has 1 aliphatic rings. The standard InChI is InChI=1S/C26H30F5NO11/c1-11(33)32-22-25(41-14(4)36)23(40-13(3)35)15(10-39-12(2)34)42-26(22)38-9-7-5-6-8-16(37)43-24-20(30)18(28)17(27)19(29)21(24)31/h15,22-23,25-26H,5-10H2,1-4H3,(H,32,33)/t15?,22-,23-,25?,26+/m0/s1. The molecule has 0 radical (unpaired) electrons. The Morgan fingerprint density at radius 3 is 1.84 bits per heavy atom. The first-order valence-corrected chi connectivity index (χ1v) is 12.9. The number of carbonyl (C=O) groups excluding carboxylic acids is 5. The van der Waals surface area contributed by atoms with Crippen molar-refractivity contribution < 1.29 is 74.3 Å². The van der Waals surface area contributed by atoms with Crippen LogP contribution in [0.4, 0.5) is 22.0 Å². The van der Waals surface area contributed by atoms with Crippen LogP contribution in [0.1, 0.15) is 53.4 Å². The van der Waals surface area contributed by atoms with Gasteiger partial charge in [0.1, 0.15) is 18.8 Å². The van der Waals surface area contributed by atoms with Crippen molar-refractivity contribution in [2.45, 2.75) is 84.0 Å². The zero-order valence-corrected chi connectivity index (χ0v) is 23.5. The first-order valence-electron chi connectivity index (χ1n) is 12.9. The fourth-order valence-electron chi connectivity index (χ4n) is 4.02. The lowest BCUT2D eigenvalue weighted by molar-refractivity contribution is -0.277. The van der Waals surface area contributed by atoms with Crippen LogP contribution < -0.4 is 10.1 Å². The summed E-state index contributed by atoms with van der Waals surface area (Å²) < 4.78 is 98.6. The van der Waals surface area contributed by atoms with Crippen LogP contribution in [0.5, 0.6) is 5.75 Å². The van der Waals surface area contributed by atoms with Crippen LogP contribution in [0.15, 0.2) is 0 Å². The monoisotopic (exact) mass is 627 g/mol. The number of esters is 4. The van der Waals surface area contributed by atoms with Gasteiger partial charge in [-0.05, 0) is 12.8 Å². The SMILES string of the molecule is CC(=O)N[C@H]1C(OC(C)=O)[C@@H](OC(C)=O)C(COC(C)=O)O[C@H]1OCCCCCC(=O)Oc1c(F)c(F)c(F)c(F)c1F. The summed E-state index contributed by atoms with van der Waals surface area (Å²) in [6.45, 7) is 3.95. The van der Waals surface area contributed by atoms with E-state index >= 15 is 0 Å². The molecule has 1 aromatic carbocycles.